The van der Waals surface area contributed by atoms with Gasteiger partial charge in [-0.2, -0.15) is 0 Å². The monoisotopic (exact) mass is 385 g/mol. The molecule has 0 saturated heterocycles. The number of amides is 1. The number of carboxylic acid groups (broad SMARTS) is 1. The van der Waals surface area contributed by atoms with Crippen LogP contribution in [0.5, 0.6) is 0 Å². The molecule has 140 valence electrons. The summed E-state index contributed by atoms with van der Waals surface area (Å²) in [6, 6.07) is 8.65. The van der Waals surface area contributed by atoms with Crippen molar-refractivity contribution in [3.8, 4) is 0 Å². The van der Waals surface area contributed by atoms with Crippen molar-refractivity contribution >= 4 is 39.1 Å². The van der Waals surface area contributed by atoms with Gasteiger partial charge in [-0.1, -0.05) is 18.2 Å². The van der Waals surface area contributed by atoms with Gasteiger partial charge in [0.25, 0.3) is 5.56 Å². The van der Waals surface area contributed by atoms with Crippen LogP contribution in [-0.4, -0.2) is 33.5 Å². The van der Waals surface area contributed by atoms with Crippen molar-refractivity contribution in [1.82, 2.24) is 9.97 Å². The number of aromatic nitrogens is 2. The van der Waals surface area contributed by atoms with Crippen LogP contribution in [0, 0.1) is 13.8 Å². The molecule has 27 heavy (non-hydrogen) atoms. The lowest BCUT2D eigenvalue weighted by Gasteiger charge is -2.20. The minimum absolute atomic E-state index is 0.0416. The molecule has 0 aliphatic carbocycles. The molecule has 2 aromatic heterocycles. The van der Waals surface area contributed by atoms with E-state index in [1.165, 1.54) is 16.2 Å². The number of hydrogen-bond donors (Lipinski definition) is 2. The zero-order valence-electron chi connectivity index (χ0n) is 15.0. The molecule has 2 N–H and O–H groups in total. The fourth-order valence-electron chi connectivity index (χ4n) is 2.84. The number of carbonyl (C=O) groups is 2. The average molecular weight is 385 g/mol. The van der Waals surface area contributed by atoms with Gasteiger partial charge in [-0.3, -0.25) is 14.4 Å². The van der Waals surface area contributed by atoms with Gasteiger partial charge in [0.2, 0.25) is 5.91 Å². The highest BCUT2D eigenvalue weighted by Crippen LogP contribution is 2.25. The first-order valence-corrected chi connectivity index (χ1v) is 9.24. The summed E-state index contributed by atoms with van der Waals surface area (Å²) in [5.41, 5.74) is 1.23. The van der Waals surface area contributed by atoms with Crippen LogP contribution >= 0.6 is 11.3 Å². The second-order valence-corrected chi connectivity index (χ2v) is 7.39. The van der Waals surface area contributed by atoms with Gasteiger partial charge in [0, 0.05) is 23.4 Å². The Bertz CT molecular complexity index is 1060. The van der Waals surface area contributed by atoms with Crippen LogP contribution in [0.2, 0.25) is 0 Å². The predicted octanol–water partition coefficient (Wildman–Crippen LogP) is 2.65. The number of aromatic amines is 1. The van der Waals surface area contributed by atoms with Gasteiger partial charge >= 0.3 is 5.97 Å². The Labute approximate surface area is 159 Å². The standard InChI is InChI=1S/C19H19N3O4S/c1-11-12(2)27-19-17(11)18(26)20-14(21-19)8-9-15(23)22(10-16(24)25)13-6-4-3-5-7-13/h3-7H,8-10H2,1-2H3,(H,24,25)(H,20,21,26). The summed E-state index contributed by atoms with van der Waals surface area (Å²) in [6.07, 6.45) is 0.267. The van der Waals surface area contributed by atoms with E-state index in [4.69, 9.17) is 5.11 Å². The molecule has 0 saturated carbocycles. The lowest BCUT2D eigenvalue weighted by atomic mass is 10.2. The molecule has 1 amide bonds. The predicted molar refractivity (Wildman–Crippen MR) is 104 cm³/mol. The third-order valence-corrected chi connectivity index (χ3v) is 5.43. The molecule has 8 heteroatoms. The number of nitrogens with zero attached hydrogens (tertiary/aromatic N) is 2. The van der Waals surface area contributed by atoms with Gasteiger partial charge in [0.1, 0.15) is 17.2 Å². The van der Waals surface area contributed by atoms with Crippen molar-refractivity contribution in [3.63, 3.8) is 0 Å². The number of carbonyl (C=O) groups excluding carboxylic acids is 1. The Kier molecular flexibility index (Phi) is 5.36. The molecule has 0 aliphatic heterocycles. The normalized spacial score (nSPS) is 10.9. The number of fused-ring (bicyclic) bond motifs is 1. The van der Waals surface area contributed by atoms with Gasteiger partial charge < -0.3 is 15.0 Å². The van der Waals surface area contributed by atoms with Crippen molar-refractivity contribution in [2.75, 3.05) is 11.4 Å². The van der Waals surface area contributed by atoms with E-state index in [0.717, 1.165) is 10.4 Å². The fraction of sp³-hybridized carbons (Fsp3) is 0.263. The van der Waals surface area contributed by atoms with E-state index in [0.29, 0.717) is 21.7 Å². The Balaban J connectivity index is 1.80. The molecule has 3 aromatic rings. The van der Waals surface area contributed by atoms with E-state index in [1.807, 2.05) is 13.8 Å². The average Bonchev–Trinajstić information content (AvgIpc) is 2.92. The topological polar surface area (TPSA) is 103 Å². The Morgan fingerprint density at radius 3 is 2.59 bits per heavy atom. The van der Waals surface area contributed by atoms with E-state index in [9.17, 15) is 14.4 Å². The summed E-state index contributed by atoms with van der Waals surface area (Å²) in [5, 5.41) is 9.70. The van der Waals surface area contributed by atoms with Crippen LogP contribution in [-0.2, 0) is 16.0 Å². The molecule has 3 rings (SSSR count). The molecule has 0 unspecified atom stereocenters. The van der Waals surface area contributed by atoms with Crippen molar-refractivity contribution < 1.29 is 14.7 Å². The Morgan fingerprint density at radius 1 is 1.22 bits per heavy atom. The van der Waals surface area contributed by atoms with Gasteiger partial charge in [-0.15, -0.1) is 11.3 Å². The van der Waals surface area contributed by atoms with E-state index in [1.54, 1.807) is 30.3 Å². The number of aryl methyl sites for hydroxylation is 3. The third-order valence-electron chi connectivity index (χ3n) is 4.33. The van der Waals surface area contributed by atoms with E-state index < -0.39 is 12.5 Å². The van der Waals surface area contributed by atoms with Crippen LogP contribution < -0.4 is 10.5 Å². The quantitative estimate of drug-likeness (QED) is 0.679. The molecule has 0 aliphatic rings. The van der Waals surface area contributed by atoms with Crippen LogP contribution in [0.1, 0.15) is 22.7 Å². The molecule has 7 nitrogen and oxygen atoms in total. The lowest BCUT2D eigenvalue weighted by molar-refractivity contribution is -0.136. The minimum Gasteiger partial charge on any atom is -0.480 e. The smallest absolute Gasteiger partial charge is 0.323 e. The maximum Gasteiger partial charge on any atom is 0.323 e. The summed E-state index contributed by atoms with van der Waals surface area (Å²) in [7, 11) is 0. The fourth-order valence-corrected chi connectivity index (χ4v) is 3.89. The van der Waals surface area contributed by atoms with Crippen molar-refractivity contribution in [1.29, 1.82) is 0 Å². The number of anilines is 1. The largest absolute Gasteiger partial charge is 0.480 e. The number of para-hydroxylation sites is 1. The molecule has 0 bridgehead atoms. The first-order chi connectivity index (χ1) is 12.9. The van der Waals surface area contributed by atoms with Gasteiger partial charge in [-0.25, -0.2) is 4.98 Å². The van der Waals surface area contributed by atoms with Crippen LogP contribution in [0.4, 0.5) is 5.69 Å². The SMILES string of the molecule is Cc1sc2nc(CCC(=O)N(CC(=O)O)c3ccccc3)[nH]c(=O)c2c1C. The van der Waals surface area contributed by atoms with Crippen molar-refractivity contribution in [2.24, 2.45) is 0 Å². The maximum atomic E-state index is 12.6. The number of aliphatic carboxylic acids is 1. The number of nitrogens with one attached hydrogen (secondary N) is 1. The lowest BCUT2D eigenvalue weighted by Crippen LogP contribution is -2.36. The molecule has 0 spiro atoms. The molecule has 1 aromatic carbocycles. The highest BCUT2D eigenvalue weighted by Gasteiger charge is 2.19. The summed E-state index contributed by atoms with van der Waals surface area (Å²) in [5.74, 6) is -1.01. The maximum absolute atomic E-state index is 12.6. The number of rotatable bonds is 6. The van der Waals surface area contributed by atoms with Crippen molar-refractivity contribution in [2.45, 2.75) is 26.7 Å². The third kappa shape index (κ3) is 4.06. The highest BCUT2D eigenvalue weighted by molar-refractivity contribution is 7.18. The first kappa shape index (κ1) is 18.8. The molecule has 0 radical (unpaired) electrons. The summed E-state index contributed by atoms with van der Waals surface area (Å²) in [6.45, 7) is 3.40. The second kappa shape index (κ2) is 7.71. The highest BCUT2D eigenvalue weighted by atomic mass is 32.1. The number of benzene rings is 1. The van der Waals surface area contributed by atoms with Crippen LogP contribution in [0.3, 0.4) is 0 Å². The number of carboxylic acids is 1. The minimum atomic E-state index is -1.09. The Hall–Kier alpha value is -3.00. The molecule has 0 fully saturated rings. The van der Waals surface area contributed by atoms with E-state index >= 15 is 0 Å². The second-order valence-electron chi connectivity index (χ2n) is 6.19. The number of thiophene rings is 1. The van der Waals surface area contributed by atoms with E-state index in [2.05, 4.69) is 9.97 Å². The first-order valence-electron chi connectivity index (χ1n) is 8.43. The molecular weight excluding hydrogens is 366 g/mol. The summed E-state index contributed by atoms with van der Waals surface area (Å²) in [4.78, 5) is 46.2. The number of H-pyrrole nitrogens is 1. The van der Waals surface area contributed by atoms with E-state index in [-0.39, 0.29) is 24.3 Å². The van der Waals surface area contributed by atoms with Crippen molar-refractivity contribution in [3.05, 3.63) is 57.0 Å². The van der Waals surface area contributed by atoms with Crippen LogP contribution in [0.25, 0.3) is 10.2 Å². The van der Waals surface area contributed by atoms with Gasteiger partial charge in [0.15, 0.2) is 0 Å². The zero-order valence-corrected chi connectivity index (χ0v) is 15.8. The summed E-state index contributed by atoms with van der Waals surface area (Å²) >= 11 is 1.45. The molecule has 2 heterocycles. The summed E-state index contributed by atoms with van der Waals surface area (Å²) < 4.78 is 0. The zero-order chi connectivity index (χ0) is 19.6. The van der Waals surface area contributed by atoms with Gasteiger partial charge in [0.05, 0.1) is 5.39 Å². The van der Waals surface area contributed by atoms with Gasteiger partial charge in [-0.05, 0) is 31.5 Å². The Morgan fingerprint density at radius 2 is 1.93 bits per heavy atom. The number of hydrogen-bond acceptors (Lipinski definition) is 5. The van der Waals surface area contributed by atoms with Crippen LogP contribution in [0.15, 0.2) is 35.1 Å². The molecular formula is C19H19N3O4S. The molecule has 0 atom stereocenters.